The highest BCUT2D eigenvalue weighted by molar-refractivity contribution is 6.06. The number of rotatable bonds is 7. The van der Waals surface area contributed by atoms with Crippen LogP contribution >= 0.6 is 0 Å². The molecule has 7 nitrogen and oxygen atoms in total. The van der Waals surface area contributed by atoms with Gasteiger partial charge < -0.3 is 15.8 Å². The molecule has 3 saturated heterocycles. The number of amides is 3. The molecule has 140 valence electrons. The van der Waals surface area contributed by atoms with Gasteiger partial charge in [0.15, 0.2) is 0 Å². The van der Waals surface area contributed by atoms with Crippen LogP contribution in [-0.4, -0.2) is 53.5 Å². The van der Waals surface area contributed by atoms with E-state index in [1.54, 1.807) is 0 Å². The van der Waals surface area contributed by atoms with Gasteiger partial charge in [0.2, 0.25) is 17.7 Å². The largest absolute Gasteiger partial charge is 0.373 e. The third kappa shape index (κ3) is 3.31. The molecule has 0 spiro atoms. The fourth-order valence-corrected chi connectivity index (χ4v) is 4.69. The topological polar surface area (TPSA) is 102 Å². The second-order valence-electron chi connectivity index (χ2n) is 8.33. The van der Waals surface area contributed by atoms with E-state index in [4.69, 9.17) is 10.5 Å². The summed E-state index contributed by atoms with van der Waals surface area (Å²) in [5.41, 5.74) is 5.35. The van der Waals surface area contributed by atoms with Crippen LogP contribution in [0.25, 0.3) is 0 Å². The Balaban J connectivity index is 1.56. The molecule has 0 saturated carbocycles. The van der Waals surface area contributed by atoms with Crippen LogP contribution in [0.2, 0.25) is 0 Å². The van der Waals surface area contributed by atoms with Crippen molar-refractivity contribution in [2.45, 2.75) is 64.2 Å². The number of nitrogens with one attached hydrogen (secondary N) is 1. The molecule has 3 aliphatic heterocycles. The number of hydrogen-bond donors (Lipinski definition) is 2. The van der Waals surface area contributed by atoms with E-state index < -0.39 is 5.54 Å². The molecule has 0 aromatic heterocycles. The quantitative estimate of drug-likeness (QED) is 0.647. The molecule has 3 aliphatic rings. The molecule has 3 fully saturated rings. The van der Waals surface area contributed by atoms with Gasteiger partial charge >= 0.3 is 0 Å². The molecule has 0 aromatic carbocycles. The molecule has 3 N–H and O–H groups in total. The minimum absolute atomic E-state index is 0.112. The lowest BCUT2D eigenvalue weighted by Gasteiger charge is -2.31. The lowest BCUT2D eigenvalue weighted by molar-refractivity contribution is -0.142. The zero-order valence-electron chi connectivity index (χ0n) is 15.3. The summed E-state index contributed by atoms with van der Waals surface area (Å²) in [6, 6.07) is 0. The molecule has 5 unspecified atom stereocenters. The van der Waals surface area contributed by atoms with E-state index in [1.807, 2.05) is 6.92 Å². The van der Waals surface area contributed by atoms with E-state index in [1.165, 1.54) is 4.90 Å². The highest BCUT2D eigenvalue weighted by atomic mass is 16.5. The Hall–Kier alpha value is -1.47. The van der Waals surface area contributed by atoms with Gasteiger partial charge in [0.1, 0.15) is 0 Å². The number of hydrogen-bond acceptors (Lipinski definition) is 5. The summed E-state index contributed by atoms with van der Waals surface area (Å²) in [5.74, 6) is -0.762. The van der Waals surface area contributed by atoms with Crippen LogP contribution < -0.4 is 11.1 Å². The van der Waals surface area contributed by atoms with Gasteiger partial charge in [-0.2, -0.15) is 0 Å². The molecule has 5 atom stereocenters. The number of nitrogens with zero attached hydrogens (tertiary/aromatic N) is 1. The van der Waals surface area contributed by atoms with Gasteiger partial charge in [-0.3, -0.25) is 19.3 Å². The molecule has 0 radical (unpaired) electrons. The van der Waals surface area contributed by atoms with Gasteiger partial charge in [0.25, 0.3) is 0 Å². The first-order valence-electron chi connectivity index (χ1n) is 9.27. The maximum atomic E-state index is 12.6. The van der Waals surface area contributed by atoms with Crippen molar-refractivity contribution in [1.29, 1.82) is 0 Å². The summed E-state index contributed by atoms with van der Waals surface area (Å²) in [5, 5.41) is 2.97. The van der Waals surface area contributed by atoms with Crippen LogP contribution in [0.15, 0.2) is 0 Å². The summed E-state index contributed by atoms with van der Waals surface area (Å²) in [6.07, 6.45) is 2.36. The van der Waals surface area contributed by atoms with Gasteiger partial charge in [0, 0.05) is 25.0 Å². The van der Waals surface area contributed by atoms with E-state index in [0.717, 1.165) is 19.3 Å². The van der Waals surface area contributed by atoms with Crippen molar-refractivity contribution in [2.24, 2.45) is 23.5 Å². The summed E-state index contributed by atoms with van der Waals surface area (Å²) >= 11 is 0. The van der Waals surface area contributed by atoms with E-state index in [0.29, 0.717) is 12.5 Å². The molecule has 0 aromatic rings. The summed E-state index contributed by atoms with van der Waals surface area (Å²) in [7, 11) is 0. The monoisotopic (exact) mass is 351 g/mol. The number of carbonyl (C=O) groups is 3. The van der Waals surface area contributed by atoms with Crippen LogP contribution in [-0.2, 0) is 19.1 Å². The molecule has 3 rings (SSSR count). The summed E-state index contributed by atoms with van der Waals surface area (Å²) in [6.45, 7) is 6.58. The second-order valence-corrected chi connectivity index (χ2v) is 8.33. The smallest absolute Gasteiger partial charge is 0.235 e. The van der Waals surface area contributed by atoms with Crippen LogP contribution in [0, 0.1) is 17.8 Å². The van der Waals surface area contributed by atoms with Crippen molar-refractivity contribution in [3.63, 3.8) is 0 Å². The highest BCUT2D eigenvalue weighted by Gasteiger charge is 2.62. The molecule has 3 amide bonds. The lowest BCUT2D eigenvalue weighted by Crippen LogP contribution is -2.52. The predicted octanol–water partition coefficient (Wildman–Crippen LogP) is 0.419. The standard InChI is InChI=1S/C18H29N3O4/c1-10(2)8-18(3,9-19)20-13(22)6-7-21-16(23)14-11-4-5-12(25-11)15(14)17(21)24/h10-12,14-15H,4-9,19H2,1-3H3,(H,20,22). The zero-order chi connectivity index (χ0) is 18.4. The maximum Gasteiger partial charge on any atom is 0.235 e. The number of ether oxygens (including phenoxy) is 1. The first-order valence-corrected chi connectivity index (χ1v) is 9.27. The number of likely N-dealkylation sites (tertiary alicyclic amines) is 1. The SMILES string of the molecule is CC(C)CC(C)(CN)NC(=O)CCN1C(=O)C2C3CCC(O3)C2C1=O. The zero-order valence-corrected chi connectivity index (χ0v) is 15.3. The van der Waals surface area contributed by atoms with Gasteiger partial charge in [-0.25, -0.2) is 0 Å². The molecule has 0 aliphatic carbocycles. The Morgan fingerprint density at radius 3 is 2.32 bits per heavy atom. The van der Waals surface area contributed by atoms with Crippen LogP contribution in [0.4, 0.5) is 0 Å². The highest BCUT2D eigenvalue weighted by Crippen LogP contribution is 2.48. The van der Waals surface area contributed by atoms with Crippen molar-refractivity contribution in [3.8, 4) is 0 Å². The second kappa shape index (κ2) is 6.68. The van der Waals surface area contributed by atoms with Crippen molar-refractivity contribution in [3.05, 3.63) is 0 Å². The lowest BCUT2D eigenvalue weighted by atomic mass is 9.81. The minimum Gasteiger partial charge on any atom is -0.373 e. The Bertz CT molecular complexity index is 551. The Kier molecular flexibility index (Phi) is 4.90. The molecule has 25 heavy (non-hydrogen) atoms. The maximum absolute atomic E-state index is 12.6. The third-order valence-corrected chi connectivity index (χ3v) is 5.69. The third-order valence-electron chi connectivity index (χ3n) is 5.69. The number of imide groups is 1. The summed E-state index contributed by atoms with van der Waals surface area (Å²) < 4.78 is 5.71. The normalized spacial score (nSPS) is 33.1. The van der Waals surface area contributed by atoms with Crippen LogP contribution in [0.3, 0.4) is 0 Å². The van der Waals surface area contributed by atoms with Crippen molar-refractivity contribution >= 4 is 17.7 Å². The first kappa shape index (κ1) is 18.3. The molecule has 7 heteroatoms. The van der Waals surface area contributed by atoms with E-state index in [9.17, 15) is 14.4 Å². The van der Waals surface area contributed by atoms with Crippen LogP contribution in [0.5, 0.6) is 0 Å². The average molecular weight is 351 g/mol. The molecular weight excluding hydrogens is 322 g/mol. The fraction of sp³-hybridized carbons (Fsp3) is 0.833. The Morgan fingerprint density at radius 2 is 1.84 bits per heavy atom. The van der Waals surface area contributed by atoms with Crippen molar-refractivity contribution in [1.82, 2.24) is 10.2 Å². The molecule has 3 heterocycles. The van der Waals surface area contributed by atoms with E-state index in [2.05, 4.69) is 19.2 Å². The van der Waals surface area contributed by atoms with Crippen molar-refractivity contribution in [2.75, 3.05) is 13.1 Å². The number of nitrogens with two attached hydrogens (primary N) is 1. The van der Waals surface area contributed by atoms with Gasteiger partial charge in [-0.05, 0) is 32.1 Å². The minimum atomic E-state index is -0.465. The summed E-state index contributed by atoms with van der Waals surface area (Å²) in [4.78, 5) is 38.7. The van der Waals surface area contributed by atoms with E-state index in [-0.39, 0.29) is 54.7 Å². The van der Waals surface area contributed by atoms with Gasteiger partial charge in [0.05, 0.1) is 24.0 Å². The number of carbonyl (C=O) groups excluding carboxylic acids is 3. The molecular formula is C18H29N3O4. The Morgan fingerprint density at radius 1 is 1.28 bits per heavy atom. The van der Waals surface area contributed by atoms with Crippen LogP contribution in [0.1, 0.15) is 46.5 Å². The van der Waals surface area contributed by atoms with Gasteiger partial charge in [-0.1, -0.05) is 13.8 Å². The first-order chi connectivity index (χ1) is 11.8. The predicted molar refractivity (Wildman–Crippen MR) is 91.3 cm³/mol. The fourth-order valence-electron chi connectivity index (χ4n) is 4.69. The Labute approximate surface area is 148 Å². The van der Waals surface area contributed by atoms with Gasteiger partial charge in [-0.15, -0.1) is 0 Å². The molecule has 2 bridgehead atoms. The van der Waals surface area contributed by atoms with E-state index >= 15 is 0 Å². The average Bonchev–Trinajstić information content (AvgIpc) is 3.19. The van der Waals surface area contributed by atoms with Crippen molar-refractivity contribution < 1.29 is 19.1 Å². The number of fused-ring (bicyclic) bond motifs is 5.